The van der Waals surface area contributed by atoms with Crippen molar-refractivity contribution < 1.29 is 9.53 Å². The molecule has 0 spiro atoms. The number of anilines is 1. The van der Waals surface area contributed by atoms with E-state index in [0.717, 1.165) is 45.6 Å². The van der Waals surface area contributed by atoms with Gasteiger partial charge in [0.2, 0.25) is 5.95 Å². The third-order valence-electron chi connectivity index (χ3n) is 4.91. The molecule has 132 valence electrons. The molecule has 1 amide bonds. The third kappa shape index (κ3) is 3.84. The van der Waals surface area contributed by atoms with Crippen LogP contribution in [0.15, 0.2) is 12.4 Å². The van der Waals surface area contributed by atoms with Gasteiger partial charge in [-0.05, 0) is 39.9 Å². The molecule has 3 rings (SSSR count). The van der Waals surface area contributed by atoms with Crippen molar-refractivity contribution in [1.82, 2.24) is 19.8 Å². The van der Waals surface area contributed by atoms with Crippen LogP contribution >= 0.6 is 0 Å². The fourth-order valence-corrected chi connectivity index (χ4v) is 3.40. The van der Waals surface area contributed by atoms with E-state index in [1.165, 1.54) is 0 Å². The summed E-state index contributed by atoms with van der Waals surface area (Å²) in [6.45, 7) is 7.83. The van der Waals surface area contributed by atoms with Crippen LogP contribution in [0, 0.1) is 0 Å². The molecule has 7 heteroatoms. The number of ether oxygens (including phenoxy) is 1. The Morgan fingerprint density at radius 3 is 2.42 bits per heavy atom. The van der Waals surface area contributed by atoms with Crippen molar-refractivity contribution in [3.8, 4) is 0 Å². The van der Waals surface area contributed by atoms with Crippen molar-refractivity contribution in [1.29, 1.82) is 0 Å². The molecule has 0 saturated carbocycles. The Balaban J connectivity index is 1.66. The van der Waals surface area contributed by atoms with Crippen molar-refractivity contribution in [3.63, 3.8) is 0 Å². The molecule has 1 aromatic heterocycles. The predicted octanol–water partition coefficient (Wildman–Crippen LogP) is 0.870. The zero-order chi connectivity index (χ0) is 16.9. The van der Waals surface area contributed by atoms with Gasteiger partial charge in [0, 0.05) is 38.1 Å². The molecular formula is C17H27N5O2. The van der Waals surface area contributed by atoms with Crippen LogP contribution in [0.1, 0.15) is 30.1 Å². The predicted molar refractivity (Wildman–Crippen MR) is 92.3 cm³/mol. The molecule has 0 atom stereocenters. The summed E-state index contributed by atoms with van der Waals surface area (Å²) in [4.78, 5) is 28.0. The first kappa shape index (κ1) is 17.1. The highest BCUT2D eigenvalue weighted by Crippen LogP contribution is 2.18. The standard InChI is InChI=1S/C17H27N5O2/c1-3-22(15-4-6-20(2)7-5-15)16(23)14-12-18-17(19-13-14)21-8-10-24-11-9-21/h12-13,15H,3-11H2,1-2H3. The Morgan fingerprint density at radius 1 is 1.21 bits per heavy atom. The smallest absolute Gasteiger partial charge is 0.257 e. The molecule has 1 aromatic rings. The lowest BCUT2D eigenvalue weighted by Crippen LogP contribution is -2.46. The molecule has 3 heterocycles. The number of carbonyl (C=O) groups excluding carboxylic acids is 1. The minimum absolute atomic E-state index is 0.0422. The Kier molecular flexibility index (Phi) is 5.63. The average molecular weight is 333 g/mol. The van der Waals surface area contributed by atoms with Crippen molar-refractivity contribution in [2.75, 3.05) is 57.9 Å². The summed E-state index contributed by atoms with van der Waals surface area (Å²) in [6.07, 6.45) is 5.39. The van der Waals surface area contributed by atoms with Crippen LogP contribution in [0.5, 0.6) is 0 Å². The second-order valence-corrected chi connectivity index (χ2v) is 6.50. The van der Waals surface area contributed by atoms with E-state index in [0.29, 0.717) is 30.8 Å². The summed E-state index contributed by atoms with van der Waals surface area (Å²) in [5, 5.41) is 0. The molecule has 0 radical (unpaired) electrons. The van der Waals surface area contributed by atoms with Crippen molar-refractivity contribution in [2.45, 2.75) is 25.8 Å². The van der Waals surface area contributed by atoms with Crippen molar-refractivity contribution in [3.05, 3.63) is 18.0 Å². The maximum atomic E-state index is 12.8. The minimum Gasteiger partial charge on any atom is -0.378 e. The largest absolute Gasteiger partial charge is 0.378 e. The molecule has 0 unspecified atom stereocenters. The normalized spacial score (nSPS) is 20.2. The van der Waals surface area contributed by atoms with Gasteiger partial charge in [-0.3, -0.25) is 4.79 Å². The first-order valence-corrected chi connectivity index (χ1v) is 8.83. The van der Waals surface area contributed by atoms with Gasteiger partial charge >= 0.3 is 0 Å². The third-order valence-corrected chi connectivity index (χ3v) is 4.91. The van der Waals surface area contributed by atoms with E-state index < -0.39 is 0 Å². The van der Waals surface area contributed by atoms with Crippen LogP contribution in [0.25, 0.3) is 0 Å². The highest BCUT2D eigenvalue weighted by molar-refractivity contribution is 5.94. The molecule has 2 aliphatic rings. The number of amides is 1. The highest BCUT2D eigenvalue weighted by Gasteiger charge is 2.27. The number of rotatable bonds is 4. The van der Waals surface area contributed by atoms with Gasteiger partial charge in [-0.2, -0.15) is 0 Å². The van der Waals surface area contributed by atoms with Crippen LogP contribution in [0.3, 0.4) is 0 Å². The fraction of sp³-hybridized carbons (Fsp3) is 0.706. The van der Waals surface area contributed by atoms with Crippen LogP contribution in [0.4, 0.5) is 5.95 Å². The minimum atomic E-state index is 0.0422. The van der Waals surface area contributed by atoms with E-state index in [-0.39, 0.29) is 5.91 Å². The van der Waals surface area contributed by atoms with Crippen LogP contribution in [-0.4, -0.2) is 84.7 Å². The SMILES string of the molecule is CCN(C(=O)c1cnc(N2CCOCC2)nc1)C1CCN(C)CC1. The molecule has 2 aliphatic heterocycles. The molecule has 0 N–H and O–H groups in total. The van der Waals surface area contributed by atoms with E-state index >= 15 is 0 Å². The van der Waals surface area contributed by atoms with E-state index in [4.69, 9.17) is 4.74 Å². The first-order chi connectivity index (χ1) is 11.7. The summed E-state index contributed by atoms with van der Waals surface area (Å²) < 4.78 is 5.34. The van der Waals surface area contributed by atoms with Crippen LogP contribution in [-0.2, 0) is 4.74 Å². The van der Waals surface area contributed by atoms with Crippen LogP contribution < -0.4 is 4.90 Å². The number of piperidine rings is 1. The van der Waals surface area contributed by atoms with Gasteiger partial charge < -0.3 is 19.4 Å². The average Bonchev–Trinajstić information content (AvgIpc) is 2.64. The molecule has 24 heavy (non-hydrogen) atoms. The Bertz CT molecular complexity index is 536. The number of hydrogen-bond donors (Lipinski definition) is 0. The molecule has 0 bridgehead atoms. The summed E-state index contributed by atoms with van der Waals surface area (Å²) in [6, 6.07) is 0.317. The Morgan fingerprint density at radius 2 is 1.83 bits per heavy atom. The Labute approximate surface area is 143 Å². The lowest BCUT2D eigenvalue weighted by Gasteiger charge is -2.36. The number of aromatic nitrogens is 2. The van der Waals surface area contributed by atoms with Gasteiger partial charge in [-0.1, -0.05) is 0 Å². The first-order valence-electron chi connectivity index (χ1n) is 8.83. The van der Waals surface area contributed by atoms with Crippen molar-refractivity contribution >= 4 is 11.9 Å². The quantitative estimate of drug-likeness (QED) is 0.815. The summed E-state index contributed by atoms with van der Waals surface area (Å²) in [7, 11) is 2.13. The summed E-state index contributed by atoms with van der Waals surface area (Å²) in [5.41, 5.74) is 0.577. The molecule has 0 aliphatic carbocycles. The maximum absolute atomic E-state index is 12.8. The maximum Gasteiger partial charge on any atom is 0.257 e. The number of nitrogens with zero attached hydrogens (tertiary/aromatic N) is 5. The molecular weight excluding hydrogens is 306 g/mol. The van der Waals surface area contributed by atoms with E-state index in [2.05, 4.69) is 26.8 Å². The molecule has 7 nitrogen and oxygen atoms in total. The lowest BCUT2D eigenvalue weighted by molar-refractivity contribution is 0.0605. The van der Waals surface area contributed by atoms with Crippen molar-refractivity contribution in [2.24, 2.45) is 0 Å². The van der Waals surface area contributed by atoms with Crippen LogP contribution in [0.2, 0.25) is 0 Å². The van der Waals surface area contributed by atoms with E-state index in [1.807, 2.05) is 11.8 Å². The number of likely N-dealkylation sites (tertiary alicyclic amines) is 1. The highest BCUT2D eigenvalue weighted by atomic mass is 16.5. The van der Waals surface area contributed by atoms with Gasteiger partial charge in [0.15, 0.2) is 0 Å². The number of carbonyl (C=O) groups is 1. The second-order valence-electron chi connectivity index (χ2n) is 6.50. The zero-order valence-corrected chi connectivity index (χ0v) is 14.6. The lowest BCUT2D eigenvalue weighted by atomic mass is 10.0. The summed E-state index contributed by atoms with van der Waals surface area (Å²) in [5.74, 6) is 0.720. The molecule has 2 saturated heterocycles. The molecule has 0 aromatic carbocycles. The van der Waals surface area contributed by atoms with Gasteiger partial charge in [0.1, 0.15) is 0 Å². The monoisotopic (exact) mass is 333 g/mol. The van der Waals surface area contributed by atoms with Gasteiger partial charge in [-0.25, -0.2) is 9.97 Å². The van der Waals surface area contributed by atoms with Gasteiger partial charge in [0.25, 0.3) is 5.91 Å². The van der Waals surface area contributed by atoms with E-state index in [9.17, 15) is 4.79 Å². The topological polar surface area (TPSA) is 61.8 Å². The van der Waals surface area contributed by atoms with Gasteiger partial charge in [0.05, 0.1) is 18.8 Å². The van der Waals surface area contributed by atoms with E-state index in [1.54, 1.807) is 12.4 Å². The second kappa shape index (κ2) is 7.90. The number of hydrogen-bond acceptors (Lipinski definition) is 6. The fourth-order valence-electron chi connectivity index (χ4n) is 3.40. The number of morpholine rings is 1. The molecule has 2 fully saturated rings. The Hall–Kier alpha value is -1.73. The van der Waals surface area contributed by atoms with Gasteiger partial charge in [-0.15, -0.1) is 0 Å². The zero-order valence-electron chi connectivity index (χ0n) is 14.6. The summed E-state index contributed by atoms with van der Waals surface area (Å²) >= 11 is 0.